The number of nitrogens with zero attached hydrogens (tertiary/aromatic N) is 1. The third kappa shape index (κ3) is 3.92. The van der Waals surface area contributed by atoms with Crippen LogP contribution in [-0.2, 0) is 15.4 Å². The molecule has 2 rings (SSSR count). The summed E-state index contributed by atoms with van der Waals surface area (Å²) in [6.07, 6.45) is 4.82. The lowest BCUT2D eigenvalue weighted by Gasteiger charge is -2.24. The molecule has 0 saturated carbocycles. The molecular formula is C13H20ClNO2S. The smallest absolute Gasteiger partial charge is 0.122 e. The molecule has 0 bridgehead atoms. The van der Waals surface area contributed by atoms with E-state index in [2.05, 4.69) is 11.9 Å². The second-order valence-corrected chi connectivity index (χ2v) is 5.69. The molecule has 0 aliphatic carbocycles. The zero-order valence-electron chi connectivity index (χ0n) is 10.7. The van der Waals surface area contributed by atoms with E-state index in [1.165, 1.54) is 12.8 Å². The Morgan fingerprint density at radius 3 is 3.11 bits per heavy atom. The molecule has 3 nitrogen and oxygen atoms in total. The molecule has 1 aliphatic rings. The molecule has 0 N–H and O–H groups in total. The van der Waals surface area contributed by atoms with Crippen molar-refractivity contribution < 1.29 is 9.47 Å². The number of aromatic nitrogens is 1. The van der Waals surface area contributed by atoms with Crippen LogP contribution >= 0.6 is 22.9 Å². The van der Waals surface area contributed by atoms with E-state index in [9.17, 15) is 0 Å². The Hall–Kier alpha value is -0.160. The Balaban J connectivity index is 1.84. The first-order valence-corrected chi connectivity index (χ1v) is 7.98. The average Bonchev–Trinajstić information content (AvgIpc) is 2.89. The van der Waals surface area contributed by atoms with Crippen molar-refractivity contribution >= 4 is 22.9 Å². The maximum Gasteiger partial charge on any atom is 0.122 e. The monoisotopic (exact) mass is 289 g/mol. The first-order valence-electron chi connectivity index (χ1n) is 6.57. The molecule has 1 aromatic rings. The maximum absolute atomic E-state index is 5.95. The molecule has 2 heterocycles. The van der Waals surface area contributed by atoms with Gasteiger partial charge in [0, 0.05) is 12.0 Å². The van der Waals surface area contributed by atoms with Crippen LogP contribution in [0.5, 0.6) is 0 Å². The third-order valence-corrected chi connectivity index (χ3v) is 4.37. The van der Waals surface area contributed by atoms with E-state index in [1.807, 2.05) is 5.38 Å². The summed E-state index contributed by atoms with van der Waals surface area (Å²) in [7, 11) is 0. The van der Waals surface area contributed by atoms with E-state index in [0.29, 0.717) is 12.5 Å². The van der Waals surface area contributed by atoms with Crippen molar-refractivity contribution in [2.75, 3.05) is 13.2 Å². The van der Waals surface area contributed by atoms with E-state index in [0.717, 1.165) is 30.2 Å². The fourth-order valence-electron chi connectivity index (χ4n) is 2.06. The second kappa shape index (κ2) is 7.43. The van der Waals surface area contributed by atoms with Crippen LogP contribution < -0.4 is 0 Å². The van der Waals surface area contributed by atoms with Gasteiger partial charge in [0.05, 0.1) is 24.3 Å². The average molecular weight is 290 g/mol. The summed E-state index contributed by atoms with van der Waals surface area (Å²) in [5.74, 6) is 0.471. The van der Waals surface area contributed by atoms with Gasteiger partial charge >= 0.3 is 0 Å². The number of hydrogen-bond acceptors (Lipinski definition) is 4. The van der Waals surface area contributed by atoms with Gasteiger partial charge < -0.3 is 9.47 Å². The van der Waals surface area contributed by atoms with Gasteiger partial charge in [0.2, 0.25) is 0 Å². The lowest BCUT2D eigenvalue weighted by atomic mass is 10.1. The fourth-order valence-corrected chi connectivity index (χ4v) is 3.24. The highest BCUT2D eigenvalue weighted by molar-refractivity contribution is 7.09. The summed E-state index contributed by atoms with van der Waals surface area (Å²) in [5, 5.41) is 3.04. The van der Waals surface area contributed by atoms with Gasteiger partial charge in [-0.1, -0.05) is 6.92 Å². The van der Waals surface area contributed by atoms with Crippen molar-refractivity contribution in [1.82, 2.24) is 4.98 Å². The van der Waals surface area contributed by atoms with E-state index in [-0.39, 0.29) is 12.2 Å². The number of thiazole rings is 1. The highest BCUT2D eigenvalue weighted by atomic mass is 35.5. The molecule has 1 fully saturated rings. The minimum Gasteiger partial charge on any atom is -0.376 e. The van der Waals surface area contributed by atoms with Gasteiger partial charge in [-0.05, 0) is 25.7 Å². The Labute approximate surface area is 117 Å². The highest BCUT2D eigenvalue weighted by Gasteiger charge is 2.19. The number of ether oxygens (including phenoxy) is 2. The van der Waals surface area contributed by atoms with Crippen molar-refractivity contribution in [3.8, 4) is 0 Å². The molecule has 2 atom stereocenters. The first kappa shape index (κ1) is 14.3. The standard InChI is InChI=1S/C13H20ClNO2S/c1-2-12(13-15-10(7-14)9-18-13)17-8-11-5-3-4-6-16-11/h9,11-12H,2-8H2,1H3. The topological polar surface area (TPSA) is 31.4 Å². The summed E-state index contributed by atoms with van der Waals surface area (Å²) >= 11 is 7.40. The van der Waals surface area contributed by atoms with E-state index in [4.69, 9.17) is 21.1 Å². The van der Waals surface area contributed by atoms with Gasteiger partial charge in [-0.2, -0.15) is 0 Å². The zero-order valence-corrected chi connectivity index (χ0v) is 12.3. The lowest BCUT2D eigenvalue weighted by molar-refractivity contribution is -0.0646. The second-order valence-electron chi connectivity index (χ2n) is 4.53. The SMILES string of the molecule is CCC(OCC1CCCCO1)c1nc(CCl)cs1. The number of halogens is 1. The van der Waals surface area contributed by atoms with Crippen LogP contribution in [0.4, 0.5) is 0 Å². The Morgan fingerprint density at radius 2 is 2.50 bits per heavy atom. The Bertz CT molecular complexity index is 353. The van der Waals surface area contributed by atoms with Gasteiger partial charge in [-0.15, -0.1) is 22.9 Å². The van der Waals surface area contributed by atoms with Crippen LogP contribution in [0.3, 0.4) is 0 Å². The quantitative estimate of drug-likeness (QED) is 0.744. The van der Waals surface area contributed by atoms with Crippen LogP contribution in [-0.4, -0.2) is 24.3 Å². The highest BCUT2D eigenvalue weighted by Crippen LogP contribution is 2.26. The third-order valence-electron chi connectivity index (χ3n) is 3.11. The zero-order chi connectivity index (χ0) is 12.8. The van der Waals surface area contributed by atoms with Crippen LogP contribution in [0.25, 0.3) is 0 Å². The summed E-state index contributed by atoms with van der Waals surface area (Å²) in [6.45, 7) is 3.67. The van der Waals surface area contributed by atoms with Crippen molar-refractivity contribution in [2.24, 2.45) is 0 Å². The fraction of sp³-hybridized carbons (Fsp3) is 0.769. The molecular weight excluding hydrogens is 270 g/mol. The van der Waals surface area contributed by atoms with Crippen molar-refractivity contribution in [3.05, 3.63) is 16.1 Å². The summed E-state index contributed by atoms with van der Waals surface area (Å²) < 4.78 is 11.6. The van der Waals surface area contributed by atoms with Gasteiger partial charge in [0.25, 0.3) is 0 Å². The lowest BCUT2D eigenvalue weighted by Crippen LogP contribution is -2.25. The largest absolute Gasteiger partial charge is 0.376 e. The summed E-state index contributed by atoms with van der Waals surface area (Å²) in [4.78, 5) is 4.48. The number of alkyl halides is 1. The van der Waals surface area contributed by atoms with E-state index in [1.54, 1.807) is 11.3 Å². The normalized spacial score (nSPS) is 22.0. The minimum absolute atomic E-state index is 0.0810. The molecule has 1 aromatic heterocycles. The predicted octanol–water partition coefficient (Wildman–Crippen LogP) is 3.92. The molecule has 0 radical (unpaired) electrons. The van der Waals surface area contributed by atoms with Gasteiger partial charge in [-0.25, -0.2) is 4.98 Å². The van der Waals surface area contributed by atoms with Crippen LogP contribution in [0, 0.1) is 0 Å². The molecule has 2 unspecified atom stereocenters. The molecule has 0 amide bonds. The van der Waals surface area contributed by atoms with Crippen molar-refractivity contribution in [3.63, 3.8) is 0 Å². The summed E-state index contributed by atoms with van der Waals surface area (Å²) in [5.41, 5.74) is 0.938. The van der Waals surface area contributed by atoms with Gasteiger partial charge in [0.15, 0.2) is 0 Å². The Kier molecular flexibility index (Phi) is 5.89. The van der Waals surface area contributed by atoms with Gasteiger partial charge in [0.1, 0.15) is 11.1 Å². The number of hydrogen-bond donors (Lipinski definition) is 0. The van der Waals surface area contributed by atoms with Crippen LogP contribution in [0.15, 0.2) is 5.38 Å². The molecule has 1 saturated heterocycles. The van der Waals surface area contributed by atoms with E-state index < -0.39 is 0 Å². The van der Waals surface area contributed by atoms with E-state index >= 15 is 0 Å². The minimum atomic E-state index is 0.0810. The summed E-state index contributed by atoms with van der Waals surface area (Å²) in [6, 6.07) is 0. The first-order chi connectivity index (χ1) is 8.83. The predicted molar refractivity (Wildman–Crippen MR) is 74.2 cm³/mol. The maximum atomic E-state index is 5.95. The van der Waals surface area contributed by atoms with Crippen molar-refractivity contribution in [2.45, 2.75) is 50.7 Å². The molecule has 0 aromatic carbocycles. The molecule has 0 spiro atoms. The van der Waals surface area contributed by atoms with Gasteiger partial charge in [-0.3, -0.25) is 0 Å². The molecule has 18 heavy (non-hydrogen) atoms. The van der Waals surface area contributed by atoms with Crippen molar-refractivity contribution in [1.29, 1.82) is 0 Å². The van der Waals surface area contributed by atoms with Crippen LogP contribution in [0.2, 0.25) is 0 Å². The number of rotatable bonds is 6. The Morgan fingerprint density at radius 1 is 1.61 bits per heavy atom. The van der Waals surface area contributed by atoms with Crippen LogP contribution in [0.1, 0.15) is 49.4 Å². The molecule has 1 aliphatic heterocycles. The molecule has 5 heteroatoms. The molecule has 102 valence electrons.